The first-order chi connectivity index (χ1) is 18.1. The molecule has 1 aliphatic carbocycles. The molecule has 1 fully saturated rings. The highest BCUT2D eigenvalue weighted by Crippen LogP contribution is 2.48. The monoisotopic (exact) mass is 524 g/mol. The molecule has 0 atom stereocenters. The van der Waals surface area contributed by atoms with Gasteiger partial charge in [0.15, 0.2) is 0 Å². The van der Waals surface area contributed by atoms with Crippen LogP contribution in [0.25, 0.3) is 0 Å². The third kappa shape index (κ3) is 5.48. The van der Waals surface area contributed by atoms with Crippen molar-refractivity contribution in [2.75, 3.05) is 43.9 Å². The predicted molar refractivity (Wildman–Crippen MR) is 144 cm³/mol. The molecule has 0 spiro atoms. The number of hydrogen-bond acceptors (Lipinski definition) is 6. The van der Waals surface area contributed by atoms with E-state index in [0.717, 1.165) is 41.2 Å². The van der Waals surface area contributed by atoms with Gasteiger partial charge in [-0.3, -0.25) is 0 Å². The summed E-state index contributed by atoms with van der Waals surface area (Å²) in [7, 11) is 4.23. The van der Waals surface area contributed by atoms with Crippen LogP contribution in [-0.4, -0.2) is 53.6 Å². The van der Waals surface area contributed by atoms with E-state index in [-0.39, 0.29) is 17.2 Å². The summed E-state index contributed by atoms with van der Waals surface area (Å²) in [6.45, 7) is 5.95. The molecule has 1 saturated carbocycles. The Hall–Kier alpha value is -3.20. The summed E-state index contributed by atoms with van der Waals surface area (Å²) in [4.78, 5) is 17.8. The summed E-state index contributed by atoms with van der Waals surface area (Å²) < 4.78 is 41.0. The van der Waals surface area contributed by atoms with Gasteiger partial charge in [-0.15, -0.1) is 0 Å². The van der Waals surface area contributed by atoms with Gasteiger partial charge in [0.2, 0.25) is 0 Å². The molecule has 5 rings (SSSR count). The number of halogens is 3. The van der Waals surface area contributed by atoms with Gasteiger partial charge in [-0.1, -0.05) is 26.0 Å². The average molecular weight is 525 g/mol. The maximum absolute atomic E-state index is 13.7. The largest absolute Gasteiger partial charge is 0.419 e. The van der Waals surface area contributed by atoms with Crippen LogP contribution in [0.4, 0.5) is 30.5 Å². The van der Waals surface area contributed by atoms with Crippen molar-refractivity contribution in [3.63, 3.8) is 0 Å². The molecule has 9 heteroatoms. The lowest BCUT2D eigenvalue weighted by atomic mass is 9.95. The molecular weight excluding hydrogens is 489 g/mol. The normalized spacial score (nSPS) is 16.9. The second kappa shape index (κ2) is 10.2. The molecule has 2 aromatic heterocycles. The molecule has 3 heterocycles. The quantitative estimate of drug-likeness (QED) is 0.412. The van der Waals surface area contributed by atoms with E-state index in [1.165, 1.54) is 30.7 Å². The molecule has 38 heavy (non-hydrogen) atoms. The fourth-order valence-corrected chi connectivity index (χ4v) is 5.40. The van der Waals surface area contributed by atoms with E-state index < -0.39 is 11.7 Å². The summed E-state index contributed by atoms with van der Waals surface area (Å²) in [6.07, 6.45) is 0.411. The molecule has 0 saturated heterocycles. The van der Waals surface area contributed by atoms with Crippen molar-refractivity contribution in [3.05, 3.63) is 70.8 Å². The Bertz CT molecular complexity index is 1280. The maximum Gasteiger partial charge on any atom is 0.419 e. The fourth-order valence-electron chi connectivity index (χ4n) is 5.40. The molecule has 202 valence electrons. The van der Waals surface area contributed by atoms with Gasteiger partial charge < -0.3 is 15.1 Å². The molecule has 0 amide bonds. The van der Waals surface area contributed by atoms with Gasteiger partial charge >= 0.3 is 6.18 Å². The Morgan fingerprint density at radius 1 is 1.03 bits per heavy atom. The van der Waals surface area contributed by atoms with Crippen molar-refractivity contribution in [3.8, 4) is 0 Å². The number of nitrogens with one attached hydrogen (secondary N) is 1. The Kier molecular flexibility index (Phi) is 7.07. The zero-order valence-electron chi connectivity index (χ0n) is 22.4. The lowest BCUT2D eigenvalue weighted by Gasteiger charge is -2.24. The fraction of sp³-hybridized carbons (Fsp3) is 0.483. The highest BCUT2D eigenvalue weighted by atomic mass is 19.4. The highest BCUT2D eigenvalue weighted by molar-refractivity contribution is 5.62. The molecular formula is C29H35F3N6. The van der Waals surface area contributed by atoms with E-state index >= 15 is 0 Å². The minimum Gasteiger partial charge on any atom is -0.355 e. The summed E-state index contributed by atoms with van der Waals surface area (Å²) in [6, 6.07) is 11.0. The van der Waals surface area contributed by atoms with Crippen LogP contribution in [0.2, 0.25) is 0 Å². The summed E-state index contributed by atoms with van der Waals surface area (Å²) in [5, 5.41) is 3.51. The molecule has 2 aliphatic rings. The smallest absolute Gasteiger partial charge is 0.355 e. The van der Waals surface area contributed by atoms with Crippen molar-refractivity contribution >= 4 is 17.3 Å². The van der Waals surface area contributed by atoms with Gasteiger partial charge in [0, 0.05) is 54.8 Å². The second-order valence-electron chi connectivity index (χ2n) is 11.1. The summed E-state index contributed by atoms with van der Waals surface area (Å²) in [5.41, 5.74) is 3.68. The lowest BCUT2D eigenvalue weighted by Crippen LogP contribution is -2.29. The number of anilines is 3. The molecule has 1 aromatic carbocycles. The molecule has 1 N–H and O–H groups in total. The van der Waals surface area contributed by atoms with Gasteiger partial charge in [-0.25, -0.2) is 15.0 Å². The number of hydrogen-bond donors (Lipinski definition) is 1. The SMILES string of the molecule is CC(C)c1nc2c(c(Nc3ccc(C4(CN(C)C)CC4)cc3)n1)CCN(c1ncccc1C(F)(F)F)CC2. The number of fused-ring (bicyclic) bond motifs is 1. The Labute approximate surface area is 222 Å². The van der Waals surface area contributed by atoms with Crippen LogP contribution in [0.15, 0.2) is 42.6 Å². The third-order valence-corrected chi connectivity index (χ3v) is 7.50. The van der Waals surface area contributed by atoms with E-state index in [1.807, 2.05) is 13.8 Å². The van der Waals surface area contributed by atoms with Crippen molar-refractivity contribution < 1.29 is 13.2 Å². The van der Waals surface area contributed by atoms with E-state index in [2.05, 4.69) is 53.6 Å². The molecule has 6 nitrogen and oxygen atoms in total. The number of alkyl halides is 3. The van der Waals surface area contributed by atoms with Crippen LogP contribution < -0.4 is 10.2 Å². The van der Waals surface area contributed by atoms with E-state index in [1.54, 1.807) is 4.90 Å². The van der Waals surface area contributed by atoms with Crippen LogP contribution in [0, 0.1) is 0 Å². The van der Waals surface area contributed by atoms with Crippen LogP contribution in [-0.2, 0) is 24.4 Å². The standard InChI is InChI=1S/C29H35F3N6/c1-19(2)25-35-24-12-17-38(27-23(29(30,31)32)6-5-15-33-27)16-11-22(24)26(36-25)34-21-9-7-20(8-10-21)28(13-14-28)18-37(3)4/h5-10,15,19H,11-14,16-18H2,1-4H3,(H,34,35,36). The number of rotatable bonds is 7. The van der Waals surface area contributed by atoms with Gasteiger partial charge in [0.05, 0.1) is 11.3 Å². The Morgan fingerprint density at radius 3 is 2.37 bits per heavy atom. The number of likely N-dealkylation sites (N-methyl/N-ethyl adjacent to an activating group) is 1. The first kappa shape index (κ1) is 26.4. The van der Waals surface area contributed by atoms with Crippen molar-refractivity contribution in [1.29, 1.82) is 0 Å². The first-order valence-electron chi connectivity index (χ1n) is 13.2. The summed E-state index contributed by atoms with van der Waals surface area (Å²) in [5.74, 6) is 1.56. The van der Waals surface area contributed by atoms with Crippen molar-refractivity contribution in [1.82, 2.24) is 19.9 Å². The van der Waals surface area contributed by atoms with Gasteiger partial charge in [0.1, 0.15) is 17.5 Å². The van der Waals surface area contributed by atoms with Crippen LogP contribution in [0.1, 0.15) is 60.8 Å². The van der Waals surface area contributed by atoms with E-state index in [9.17, 15) is 13.2 Å². The van der Waals surface area contributed by atoms with Crippen molar-refractivity contribution in [2.45, 2.75) is 57.0 Å². The van der Waals surface area contributed by atoms with Crippen molar-refractivity contribution in [2.24, 2.45) is 0 Å². The highest BCUT2D eigenvalue weighted by Gasteiger charge is 2.44. The van der Waals surface area contributed by atoms with Crippen LogP contribution >= 0.6 is 0 Å². The van der Waals surface area contributed by atoms with Crippen LogP contribution in [0.3, 0.4) is 0 Å². The zero-order valence-corrected chi connectivity index (χ0v) is 22.4. The first-order valence-corrected chi connectivity index (χ1v) is 13.2. The summed E-state index contributed by atoms with van der Waals surface area (Å²) >= 11 is 0. The number of pyridine rings is 1. The maximum atomic E-state index is 13.7. The molecule has 1 aliphatic heterocycles. The number of nitrogens with zero attached hydrogens (tertiary/aromatic N) is 5. The number of benzene rings is 1. The molecule has 3 aromatic rings. The lowest BCUT2D eigenvalue weighted by molar-refractivity contribution is -0.137. The minimum atomic E-state index is -4.46. The molecule has 0 unspecified atom stereocenters. The van der Waals surface area contributed by atoms with E-state index in [4.69, 9.17) is 9.97 Å². The average Bonchev–Trinajstić information content (AvgIpc) is 3.67. The predicted octanol–water partition coefficient (Wildman–Crippen LogP) is 5.96. The van der Waals surface area contributed by atoms with E-state index in [0.29, 0.717) is 25.9 Å². The van der Waals surface area contributed by atoms with Gasteiger partial charge in [-0.2, -0.15) is 13.2 Å². The number of aromatic nitrogens is 3. The second-order valence-corrected chi connectivity index (χ2v) is 11.1. The Balaban J connectivity index is 1.41. The van der Waals surface area contributed by atoms with Crippen LogP contribution in [0.5, 0.6) is 0 Å². The third-order valence-electron chi connectivity index (χ3n) is 7.50. The topological polar surface area (TPSA) is 57.2 Å². The molecule has 0 bridgehead atoms. The zero-order chi connectivity index (χ0) is 27.1. The van der Waals surface area contributed by atoms with Gasteiger partial charge in [-0.05, 0) is 63.2 Å². The molecule has 0 radical (unpaired) electrons. The van der Waals surface area contributed by atoms with Gasteiger partial charge in [0.25, 0.3) is 0 Å². The Morgan fingerprint density at radius 2 is 1.74 bits per heavy atom. The minimum absolute atomic E-state index is 0.0262.